The normalized spacial score (nSPS) is 21.1. The molecule has 1 atom stereocenters. The van der Waals surface area contributed by atoms with Crippen molar-refractivity contribution in [3.8, 4) is 11.5 Å². The number of nitrogens with zero attached hydrogens (tertiary/aromatic N) is 1. The summed E-state index contributed by atoms with van der Waals surface area (Å²) in [7, 11) is 3.27. The highest BCUT2D eigenvalue weighted by Crippen LogP contribution is 2.31. The van der Waals surface area contributed by atoms with Gasteiger partial charge in [-0.15, -0.1) is 0 Å². The van der Waals surface area contributed by atoms with Gasteiger partial charge >= 0.3 is 0 Å². The molecule has 0 aromatic heterocycles. The van der Waals surface area contributed by atoms with Crippen molar-refractivity contribution in [2.24, 2.45) is 5.92 Å². The SMILES string of the molecule is COc1ccc(CN(C(=O)C2CCOC2)C2CCCCC2)cc1OC. The number of hydrogen-bond donors (Lipinski definition) is 0. The van der Waals surface area contributed by atoms with E-state index in [4.69, 9.17) is 14.2 Å². The van der Waals surface area contributed by atoms with Gasteiger partial charge in [0.15, 0.2) is 11.5 Å². The molecule has 5 heteroatoms. The highest BCUT2D eigenvalue weighted by atomic mass is 16.5. The average molecular weight is 347 g/mol. The molecule has 3 rings (SSSR count). The van der Waals surface area contributed by atoms with Crippen LogP contribution in [-0.2, 0) is 16.1 Å². The van der Waals surface area contributed by atoms with Gasteiger partial charge in [-0.1, -0.05) is 25.3 Å². The summed E-state index contributed by atoms with van der Waals surface area (Å²) in [6.45, 7) is 1.89. The first-order valence-electron chi connectivity index (χ1n) is 9.32. The van der Waals surface area contributed by atoms with E-state index in [-0.39, 0.29) is 11.8 Å². The van der Waals surface area contributed by atoms with E-state index >= 15 is 0 Å². The minimum Gasteiger partial charge on any atom is -0.493 e. The molecule has 0 radical (unpaired) electrons. The van der Waals surface area contributed by atoms with Crippen LogP contribution in [0.25, 0.3) is 0 Å². The Kier molecular flexibility index (Phi) is 6.19. The molecular weight excluding hydrogens is 318 g/mol. The van der Waals surface area contributed by atoms with Crippen LogP contribution in [0.2, 0.25) is 0 Å². The van der Waals surface area contributed by atoms with Crippen molar-refractivity contribution in [2.45, 2.75) is 51.1 Å². The minimum absolute atomic E-state index is 0.0158. The second-order valence-corrected chi connectivity index (χ2v) is 7.01. The number of hydrogen-bond acceptors (Lipinski definition) is 4. The standard InChI is InChI=1S/C20H29NO4/c1-23-18-9-8-15(12-19(18)24-2)13-21(17-6-4-3-5-7-17)20(22)16-10-11-25-14-16/h8-9,12,16-17H,3-7,10-11,13-14H2,1-2H3. The average Bonchev–Trinajstić information content (AvgIpc) is 3.21. The summed E-state index contributed by atoms with van der Waals surface area (Å²) in [5.41, 5.74) is 1.08. The van der Waals surface area contributed by atoms with Gasteiger partial charge in [-0.3, -0.25) is 4.79 Å². The number of carbonyl (C=O) groups is 1. The Morgan fingerprint density at radius 1 is 1.12 bits per heavy atom. The van der Waals surface area contributed by atoms with Crippen LogP contribution in [0.1, 0.15) is 44.1 Å². The third-order valence-electron chi connectivity index (χ3n) is 5.38. The second-order valence-electron chi connectivity index (χ2n) is 7.01. The number of amides is 1. The summed E-state index contributed by atoms with van der Waals surface area (Å²) >= 11 is 0. The first-order valence-corrected chi connectivity index (χ1v) is 9.32. The summed E-state index contributed by atoms with van der Waals surface area (Å²) < 4.78 is 16.2. The fourth-order valence-corrected chi connectivity index (χ4v) is 3.92. The first kappa shape index (κ1) is 18.1. The first-order chi connectivity index (χ1) is 12.2. The molecule has 1 aliphatic carbocycles. The van der Waals surface area contributed by atoms with Gasteiger partial charge < -0.3 is 19.1 Å². The number of rotatable bonds is 6. The van der Waals surface area contributed by atoms with Crippen LogP contribution in [0.4, 0.5) is 0 Å². The molecule has 138 valence electrons. The monoisotopic (exact) mass is 347 g/mol. The summed E-state index contributed by atoms with van der Waals surface area (Å²) in [5, 5.41) is 0. The second kappa shape index (κ2) is 8.56. The Morgan fingerprint density at radius 3 is 2.52 bits per heavy atom. The molecule has 0 bridgehead atoms. The van der Waals surface area contributed by atoms with Crippen molar-refractivity contribution in [3.63, 3.8) is 0 Å². The van der Waals surface area contributed by atoms with Gasteiger partial charge in [0.05, 0.1) is 26.7 Å². The van der Waals surface area contributed by atoms with Crippen LogP contribution in [0.15, 0.2) is 18.2 Å². The molecule has 2 aliphatic rings. The van der Waals surface area contributed by atoms with Gasteiger partial charge in [0.1, 0.15) is 0 Å². The van der Waals surface area contributed by atoms with Gasteiger partial charge in [-0.05, 0) is 37.0 Å². The van der Waals surface area contributed by atoms with Crippen molar-refractivity contribution in [1.82, 2.24) is 4.90 Å². The molecule has 1 unspecified atom stereocenters. The lowest BCUT2D eigenvalue weighted by molar-refractivity contribution is -0.139. The van der Waals surface area contributed by atoms with Crippen LogP contribution in [0.5, 0.6) is 11.5 Å². The Balaban J connectivity index is 1.79. The highest BCUT2D eigenvalue weighted by Gasteiger charge is 2.32. The van der Waals surface area contributed by atoms with Crippen molar-refractivity contribution < 1.29 is 19.0 Å². The van der Waals surface area contributed by atoms with Crippen molar-refractivity contribution >= 4 is 5.91 Å². The van der Waals surface area contributed by atoms with E-state index in [0.717, 1.165) is 24.8 Å². The molecule has 5 nitrogen and oxygen atoms in total. The van der Waals surface area contributed by atoms with E-state index in [2.05, 4.69) is 4.90 Å². The fraction of sp³-hybridized carbons (Fsp3) is 0.650. The van der Waals surface area contributed by atoms with Gasteiger partial charge in [0.2, 0.25) is 5.91 Å². The van der Waals surface area contributed by atoms with Gasteiger partial charge in [0.25, 0.3) is 0 Å². The number of methoxy groups -OCH3 is 2. The van der Waals surface area contributed by atoms with Gasteiger partial charge in [-0.2, -0.15) is 0 Å². The zero-order chi connectivity index (χ0) is 17.6. The summed E-state index contributed by atoms with van der Waals surface area (Å²) in [4.78, 5) is 15.2. The van der Waals surface area contributed by atoms with Crippen molar-refractivity contribution in [1.29, 1.82) is 0 Å². The van der Waals surface area contributed by atoms with E-state index in [9.17, 15) is 4.79 Å². The molecular formula is C20H29NO4. The van der Waals surface area contributed by atoms with E-state index in [0.29, 0.717) is 37.3 Å². The molecule has 1 aromatic rings. The zero-order valence-corrected chi connectivity index (χ0v) is 15.3. The third-order valence-corrected chi connectivity index (χ3v) is 5.38. The molecule has 0 spiro atoms. The van der Waals surface area contributed by atoms with E-state index < -0.39 is 0 Å². The molecule has 1 aliphatic heterocycles. The molecule has 1 heterocycles. The lowest BCUT2D eigenvalue weighted by atomic mass is 9.92. The topological polar surface area (TPSA) is 48.0 Å². The van der Waals surface area contributed by atoms with E-state index in [1.165, 1.54) is 19.3 Å². The molecule has 1 amide bonds. The maximum absolute atomic E-state index is 13.1. The largest absolute Gasteiger partial charge is 0.493 e. The molecule has 1 saturated carbocycles. The van der Waals surface area contributed by atoms with Crippen molar-refractivity contribution in [2.75, 3.05) is 27.4 Å². The number of ether oxygens (including phenoxy) is 3. The van der Waals surface area contributed by atoms with E-state index in [1.54, 1.807) is 14.2 Å². The zero-order valence-electron chi connectivity index (χ0n) is 15.3. The predicted molar refractivity (Wildman–Crippen MR) is 95.9 cm³/mol. The van der Waals surface area contributed by atoms with Crippen LogP contribution in [0, 0.1) is 5.92 Å². The Bertz CT molecular complexity index is 577. The van der Waals surface area contributed by atoms with Crippen LogP contribution in [-0.4, -0.2) is 44.3 Å². The summed E-state index contributed by atoms with van der Waals surface area (Å²) in [5.74, 6) is 1.69. The smallest absolute Gasteiger partial charge is 0.228 e. The number of carbonyl (C=O) groups excluding carboxylic acids is 1. The fourth-order valence-electron chi connectivity index (χ4n) is 3.92. The molecule has 2 fully saturated rings. The Hall–Kier alpha value is -1.75. The van der Waals surface area contributed by atoms with Crippen LogP contribution >= 0.6 is 0 Å². The minimum atomic E-state index is 0.0158. The maximum atomic E-state index is 13.1. The lowest BCUT2D eigenvalue weighted by Crippen LogP contribution is -2.44. The van der Waals surface area contributed by atoms with Crippen LogP contribution in [0.3, 0.4) is 0 Å². The predicted octanol–water partition coefficient (Wildman–Crippen LogP) is 3.40. The maximum Gasteiger partial charge on any atom is 0.228 e. The van der Waals surface area contributed by atoms with Crippen LogP contribution < -0.4 is 9.47 Å². The molecule has 25 heavy (non-hydrogen) atoms. The summed E-state index contributed by atoms with van der Waals surface area (Å²) in [6, 6.07) is 6.26. The lowest BCUT2D eigenvalue weighted by Gasteiger charge is -2.36. The quantitative estimate of drug-likeness (QED) is 0.791. The molecule has 0 N–H and O–H groups in total. The van der Waals surface area contributed by atoms with Gasteiger partial charge in [0, 0.05) is 19.2 Å². The molecule has 1 aromatic carbocycles. The Morgan fingerprint density at radius 2 is 1.88 bits per heavy atom. The van der Waals surface area contributed by atoms with Crippen molar-refractivity contribution in [3.05, 3.63) is 23.8 Å². The van der Waals surface area contributed by atoms with E-state index in [1.807, 2.05) is 18.2 Å². The highest BCUT2D eigenvalue weighted by molar-refractivity contribution is 5.79. The summed E-state index contributed by atoms with van der Waals surface area (Å²) in [6.07, 6.45) is 6.75. The third kappa shape index (κ3) is 4.27. The molecule has 1 saturated heterocycles. The number of benzene rings is 1. The van der Waals surface area contributed by atoms with Gasteiger partial charge in [-0.25, -0.2) is 0 Å². The Labute approximate surface area is 150 Å².